The number of urea groups is 1. The molecule has 29 heavy (non-hydrogen) atoms. The Kier molecular flexibility index (Phi) is 8.32. The smallest absolute Gasteiger partial charge is 0.315 e. The zero-order valence-electron chi connectivity index (χ0n) is 17.3. The molecule has 0 radical (unpaired) electrons. The van der Waals surface area contributed by atoms with Gasteiger partial charge in [-0.2, -0.15) is 0 Å². The molecule has 1 heterocycles. The van der Waals surface area contributed by atoms with Crippen molar-refractivity contribution in [1.29, 1.82) is 0 Å². The Morgan fingerprint density at radius 1 is 0.828 bits per heavy atom. The van der Waals surface area contributed by atoms with E-state index >= 15 is 0 Å². The van der Waals surface area contributed by atoms with Crippen molar-refractivity contribution in [1.82, 2.24) is 10.6 Å². The van der Waals surface area contributed by atoms with Gasteiger partial charge < -0.3 is 15.5 Å². The first-order valence-corrected chi connectivity index (χ1v) is 11.2. The first-order chi connectivity index (χ1) is 14.1. The second kappa shape index (κ2) is 11.2. The van der Waals surface area contributed by atoms with E-state index in [4.69, 9.17) is 0 Å². The van der Waals surface area contributed by atoms with Gasteiger partial charge in [-0.25, -0.2) is 9.18 Å². The first kappa shape index (κ1) is 21.6. The Labute approximate surface area is 173 Å². The van der Waals surface area contributed by atoms with Crippen molar-refractivity contribution >= 4 is 17.6 Å². The van der Waals surface area contributed by atoms with Gasteiger partial charge in [0.15, 0.2) is 0 Å². The molecule has 3 amide bonds. The molecular formula is C23H34FN3O2. The normalized spacial score (nSPS) is 22.6. The number of nitrogens with zero attached hydrogens (tertiary/aromatic N) is 1. The minimum atomic E-state index is -0.327. The third kappa shape index (κ3) is 7.02. The monoisotopic (exact) mass is 403 g/mol. The van der Waals surface area contributed by atoms with E-state index in [9.17, 15) is 14.0 Å². The van der Waals surface area contributed by atoms with E-state index < -0.39 is 0 Å². The zero-order valence-corrected chi connectivity index (χ0v) is 17.3. The molecule has 0 aromatic heterocycles. The van der Waals surface area contributed by atoms with Gasteiger partial charge in [-0.15, -0.1) is 0 Å². The number of hydrogen-bond donors (Lipinski definition) is 2. The van der Waals surface area contributed by atoms with Gasteiger partial charge in [0.2, 0.25) is 5.91 Å². The lowest BCUT2D eigenvalue weighted by molar-refractivity contribution is -0.117. The second-order valence-electron chi connectivity index (χ2n) is 8.46. The standard InChI is InChI=1S/C23H34FN3O2/c24-18-12-14-21(15-13-18)27-17-20(16-22(27)28)26-23(29)25-19-10-8-6-4-2-1-3-5-7-9-11-19/h12-15,19-20H,1-11,16-17H2,(H2,25,26,29)/t20-/m1/s1. The lowest BCUT2D eigenvalue weighted by atomic mass is 9.98. The van der Waals surface area contributed by atoms with Crippen LogP contribution in [-0.2, 0) is 4.79 Å². The highest BCUT2D eigenvalue weighted by molar-refractivity contribution is 5.96. The van der Waals surface area contributed by atoms with E-state index in [0.717, 1.165) is 25.7 Å². The van der Waals surface area contributed by atoms with Crippen LogP contribution in [0.4, 0.5) is 14.9 Å². The van der Waals surface area contributed by atoms with Gasteiger partial charge in [0.25, 0.3) is 0 Å². The Morgan fingerprint density at radius 3 is 1.93 bits per heavy atom. The number of hydrogen-bond acceptors (Lipinski definition) is 2. The van der Waals surface area contributed by atoms with Crippen LogP contribution in [0.5, 0.6) is 0 Å². The molecule has 6 heteroatoms. The van der Waals surface area contributed by atoms with Crippen molar-refractivity contribution in [3.8, 4) is 0 Å². The van der Waals surface area contributed by atoms with Crippen LogP contribution in [0.1, 0.15) is 77.0 Å². The van der Waals surface area contributed by atoms with Crippen LogP contribution in [0.15, 0.2) is 24.3 Å². The van der Waals surface area contributed by atoms with E-state index in [1.807, 2.05) is 0 Å². The van der Waals surface area contributed by atoms with Gasteiger partial charge in [0.05, 0.1) is 6.04 Å². The number of rotatable bonds is 3. The maximum absolute atomic E-state index is 13.1. The highest BCUT2D eigenvalue weighted by Gasteiger charge is 2.31. The minimum Gasteiger partial charge on any atom is -0.335 e. The van der Waals surface area contributed by atoms with E-state index in [-0.39, 0.29) is 36.3 Å². The summed E-state index contributed by atoms with van der Waals surface area (Å²) in [6.07, 6.45) is 13.7. The van der Waals surface area contributed by atoms with E-state index in [1.54, 1.807) is 17.0 Å². The first-order valence-electron chi connectivity index (χ1n) is 11.2. The molecule has 1 aromatic rings. The summed E-state index contributed by atoms with van der Waals surface area (Å²) in [6, 6.07) is 5.69. The summed E-state index contributed by atoms with van der Waals surface area (Å²) in [4.78, 5) is 26.5. The van der Waals surface area contributed by atoms with Gasteiger partial charge in [-0.05, 0) is 37.1 Å². The lowest BCUT2D eigenvalue weighted by Crippen LogP contribution is -2.47. The third-order valence-electron chi connectivity index (χ3n) is 6.04. The van der Waals surface area contributed by atoms with Crippen molar-refractivity contribution < 1.29 is 14.0 Å². The maximum Gasteiger partial charge on any atom is 0.315 e. The van der Waals surface area contributed by atoms with E-state index in [1.165, 1.54) is 57.1 Å². The molecule has 3 rings (SSSR count). The van der Waals surface area contributed by atoms with Crippen LogP contribution in [-0.4, -0.2) is 30.6 Å². The molecule has 160 valence electrons. The average molecular weight is 404 g/mol. The largest absolute Gasteiger partial charge is 0.335 e. The van der Waals surface area contributed by atoms with E-state index in [0.29, 0.717) is 12.2 Å². The number of amides is 3. The van der Waals surface area contributed by atoms with Crippen LogP contribution in [0.25, 0.3) is 0 Å². The summed E-state index contributed by atoms with van der Waals surface area (Å²) in [5, 5.41) is 6.11. The number of anilines is 1. The highest BCUT2D eigenvalue weighted by atomic mass is 19.1. The van der Waals surface area contributed by atoms with Gasteiger partial charge >= 0.3 is 6.03 Å². The van der Waals surface area contributed by atoms with E-state index in [2.05, 4.69) is 10.6 Å². The molecule has 1 saturated carbocycles. The molecule has 1 saturated heterocycles. The summed E-state index contributed by atoms with van der Waals surface area (Å²) >= 11 is 0. The molecular weight excluding hydrogens is 369 g/mol. The van der Waals surface area contributed by atoms with Crippen molar-refractivity contribution in [2.75, 3.05) is 11.4 Å². The van der Waals surface area contributed by atoms with Crippen LogP contribution in [0, 0.1) is 5.82 Å². The Hall–Kier alpha value is -2.11. The van der Waals surface area contributed by atoms with Crippen molar-refractivity contribution in [3.05, 3.63) is 30.1 Å². The zero-order chi connectivity index (χ0) is 20.5. The third-order valence-corrected chi connectivity index (χ3v) is 6.04. The van der Waals surface area contributed by atoms with Crippen molar-refractivity contribution in [2.24, 2.45) is 0 Å². The van der Waals surface area contributed by atoms with Crippen molar-refractivity contribution in [2.45, 2.75) is 89.1 Å². The molecule has 5 nitrogen and oxygen atoms in total. The maximum atomic E-state index is 13.1. The highest BCUT2D eigenvalue weighted by Crippen LogP contribution is 2.22. The molecule has 1 aliphatic carbocycles. The van der Waals surface area contributed by atoms with Crippen LogP contribution >= 0.6 is 0 Å². The second-order valence-corrected chi connectivity index (χ2v) is 8.46. The fourth-order valence-corrected chi connectivity index (χ4v) is 4.39. The SMILES string of the molecule is O=C(NC1CCCCCCCCCCC1)N[C@@H]1CC(=O)N(c2ccc(F)cc2)C1. The summed E-state index contributed by atoms with van der Waals surface area (Å²) in [5.41, 5.74) is 0.667. The quantitative estimate of drug-likeness (QED) is 0.754. The Balaban J connectivity index is 1.47. The fourth-order valence-electron chi connectivity index (χ4n) is 4.39. The van der Waals surface area contributed by atoms with Crippen molar-refractivity contribution in [3.63, 3.8) is 0 Å². The number of benzene rings is 1. The van der Waals surface area contributed by atoms with Crippen LogP contribution in [0.2, 0.25) is 0 Å². The number of halogens is 1. The number of carbonyl (C=O) groups is 2. The molecule has 0 bridgehead atoms. The number of nitrogens with one attached hydrogen (secondary N) is 2. The van der Waals surface area contributed by atoms with Gasteiger partial charge in [0, 0.05) is 24.7 Å². The van der Waals surface area contributed by atoms with Gasteiger partial charge in [0.1, 0.15) is 5.82 Å². The van der Waals surface area contributed by atoms with Gasteiger partial charge in [-0.1, -0.05) is 57.8 Å². The minimum absolute atomic E-state index is 0.0482. The lowest BCUT2D eigenvalue weighted by Gasteiger charge is -2.22. The molecule has 1 aliphatic heterocycles. The summed E-state index contributed by atoms with van der Waals surface area (Å²) < 4.78 is 13.1. The number of carbonyl (C=O) groups excluding carboxylic acids is 2. The molecule has 0 unspecified atom stereocenters. The topological polar surface area (TPSA) is 61.4 Å². The summed E-state index contributed by atoms with van der Waals surface area (Å²) in [5.74, 6) is -0.376. The Morgan fingerprint density at radius 2 is 1.34 bits per heavy atom. The average Bonchev–Trinajstić information content (AvgIpc) is 3.04. The molecule has 1 atom stereocenters. The fraction of sp³-hybridized carbons (Fsp3) is 0.652. The molecule has 2 aliphatic rings. The molecule has 1 aromatic carbocycles. The Bertz CT molecular complexity index is 653. The molecule has 0 spiro atoms. The molecule has 2 N–H and O–H groups in total. The predicted octanol–water partition coefficient (Wildman–Crippen LogP) is 4.90. The van der Waals surface area contributed by atoms with Crippen LogP contribution in [0.3, 0.4) is 0 Å². The molecule has 2 fully saturated rings. The summed E-state index contributed by atoms with van der Waals surface area (Å²) in [6.45, 7) is 0.419. The van der Waals surface area contributed by atoms with Gasteiger partial charge in [-0.3, -0.25) is 4.79 Å². The predicted molar refractivity (Wildman–Crippen MR) is 113 cm³/mol. The summed E-state index contributed by atoms with van der Waals surface area (Å²) in [7, 11) is 0. The van der Waals surface area contributed by atoms with Crippen LogP contribution < -0.4 is 15.5 Å².